The molecule has 0 aliphatic carbocycles. The summed E-state index contributed by atoms with van der Waals surface area (Å²) in [5, 5.41) is 0. The predicted molar refractivity (Wildman–Crippen MR) is 109 cm³/mol. The van der Waals surface area contributed by atoms with E-state index < -0.39 is 0 Å². The highest BCUT2D eigenvalue weighted by Crippen LogP contribution is 2.44. The van der Waals surface area contributed by atoms with Gasteiger partial charge in [0.25, 0.3) is 0 Å². The zero-order valence-electron chi connectivity index (χ0n) is 16.6. The predicted octanol–water partition coefficient (Wildman–Crippen LogP) is 4.22. The monoisotopic (exact) mass is 396 g/mol. The molecule has 3 aliphatic heterocycles. The highest BCUT2D eigenvalue weighted by Gasteiger charge is 2.57. The molecule has 3 heterocycles. The number of epoxide rings is 1. The molecule has 3 fully saturated rings. The molecule has 0 saturated carbocycles. The summed E-state index contributed by atoms with van der Waals surface area (Å²) in [6, 6.07) is 20.3. The maximum absolute atomic E-state index is 5.56. The maximum atomic E-state index is 5.56. The molecule has 3 saturated heterocycles. The smallest absolute Gasteiger partial charge is 0.195 e. The fraction of sp³-hybridized carbons (Fsp3) is 0.417. The summed E-state index contributed by atoms with van der Waals surface area (Å²) in [4.78, 5) is 0. The first-order valence-electron chi connectivity index (χ1n) is 10.1. The summed E-state index contributed by atoms with van der Waals surface area (Å²) in [6.07, 6.45) is 2.39. The molecular weight excluding hydrogens is 368 g/mol. The van der Waals surface area contributed by atoms with Gasteiger partial charge in [-0.2, -0.15) is 0 Å². The molecule has 1 spiro atoms. The minimum atomic E-state index is -0.180. The first-order chi connectivity index (χ1) is 14.2. The van der Waals surface area contributed by atoms with E-state index >= 15 is 0 Å². The zero-order valence-corrected chi connectivity index (χ0v) is 16.6. The summed E-state index contributed by atoms with van der Waals surface area (Å²) < 4.78 is 27.0. The SMILES string of the molecule is C=C1CC(COCc2ccccc2)O1.c1ccc(COCC2CC3(CO3)O2)cc1. The Morgan fingerprint density at radius 2 is 1.34 bits per heavy atom. The third-order valence-electron chi connectivity index (χ3n) is 5.01. The lowest BCUT2D eigenvalue weighted by Gasteiger charge is -2.33. The van der Waals surface area contributed by atoms with Crippen molar-refractivity contribution in [3.8, 4) is 0 Å². The Morgan fingerprint density at radius 3 is 1.79 bits per heavy atom. The number of rotatable bonds is 8. The summed E-state index contributed by atoms with van der Waals surface area (Å²) >= 11 is 0. The van der Waals surface area contributed by atoms with Gasteiger partial charge in [0.15, 0.2) is 5.79 Å². The highest BCUT2D eigenvalue weighted by molar-refractivity contribution is 5.14. The Kier molecular flexibility index (Phi) is 6.62. The molecule has 2 aromatic carbocycles. The van der Waals surface area contributed by atoms with Gasteiger partial charge in [0.2, 0.25) is 0 Å². The standard InChI is InChI=1S/C12H14O3.C12H14O2/c1-2-4-10(5-3-1)7-13-8-11-6-12(15-11)9-14-12;1-10-7-12(14-10)9-13-8-11-5-3-2-4-6-11/h1-5,11H,6-9H2;2-6,12H,1,7-9H2. The number of ether oxygens (including phenoxy) is 5. The van der Waals surface area contributed by atoms with Crippen molar-refractivity contribution < 1.29 is 23.7 Å². The molecule has 3 unspecified atom stereocenters. The Bertz CT molecular complexity index is 756. The van der Waals surface area contributed by atoms with Gasteiger partial charge < -0.3 is 23.7 Å². The average molecular weight is 396 g/mol. The highest BCUT2D eigenvalue weighted by atomic mass is 16.8. The number of hydrogen-bond acceptors (Lipinski definition) is 5. The summed E-state index contributed by atoms with van der Waals surface area (Å²) in [5.41, 5.74) is 2.40. The topological polar surface area (TPSA) is 49.5 Å². The van der Waals surface area contributed by atoms with Crippen molar-refractivity contribution in [3.63, 3.8) is 0 Å². The molecule has 0 bridgehead atoms. The lowest BCUT2D eigenvalue weighted by atomic mass is 10.1. The molecule has 0 N–H and O–H groups in total. The fourth-order valence-electron chi connectivity index (χ4n) is 3.34. The van der Waals surface area contributed by atoms with Gasteiger partial charge >= 0.3 is 0 Å². The van der Waals surface area contributed by atoms with E-state index in [9.17, 15) is 0 Å². The van der Waals surface area contributed by atoms with Gasteiger partial charge in [-0.1, -0.05) is 67.2 Å². The van der Waals surface area contributed by atoms with Crippen LogP contribution in [0.3, 0.4) is 0 Å². The van der Waals surface area contributed by atoms with Crippen LogP contribution in [-0.2, 0) is 36.9 Å². The summed E-state index contributed by atoms with van der Waals surface area (Å²) in [5.74, 6) is 0.694. The van der Waals surface area contributed by atoms with Crippen molar-refractivity contribution in [1.82, 2.24) is 0 Å². The van der Waals surface area contributed by atoms with E-state index in [1.807, 2.05) is 36.4 Å². The van der Waals surface area contributed by atoms with E-state index in [1.165, 1.54) is 11.1 Å². The van der Waals surface area contributed by atoms with Crippen LogP contribution < -0.4 is 0 Å². The molecule has 5 rings (SSSR count). The Morgan fingerprint density at radius 1 is 0.862 bits per heavy atom. The Labute approximate surface area is 172 Å². The maximum Gasteiger partial charge on any atom is 0.195 e. The quantitative estimate of drug-likeness (QED) is 0.625. The van der Waals surface area contributed by atoms with Crippen molar-refractivity contribution >= 4 is 0 Å². The average Bonchev–Trinajstić information content (AvgIpc) is 3.49. The third-order valence-corrected chi connectivity index (χ3v) is 5.01. The molecule has 0 radical (unpaired) electrons. The van der Waals surface area contributed by atoms with Crippen LogP contribution in [-0.4, -0.2) is 37.8 Å². The van der Waals surface area contributed by atoms with Gasteiger partial charge in [-0.05, 0) is 11.1 Å². The van der Waals surface area contributed by atoms with E-state index in [2.05, 4.69) is 30.8 Å². The molecule has 3 aliphatic rings. The Hall–Kier alpha value is -2.18. The molecule has 0 aromatic heterocycles. The zero-order chi connectivity index (χ0) is 19.9. The van der Waals surface area contributed by atoms with E-state index in [0.717, 1.165) is 25.2 Å². The van der Waals surface area contributed by atoms with Gasteiger partial charge in [0.05, 0.1) is 38.3 Å². The summed E-state index contributed by atoms with van der Waals surface area (Å²) in [6.45, 7) is 7.11. The molecule has 5 nitrogen and oxygen atoms in total. The van der Waals surface area contributed by atoms with Gasteiger partial charge in [-0.15, -0.1) is 0 Å². The molecular formula is C24H28O5. The Balaban J connectivity index is 0.000000142. The number of hydrogen-bond donors (Lipinski definition) is 0. The van der Waals surface area contributed by atoms with Crippen molar-refractivity contribution in [1.29, 1.82) is 0 Å². The van der Waals surface area contributed by atoms with E-state index in [0.29, 0.717) is 26.4 Å². The van der Waals surface area contributed by atoms with Crippen molar-refractivity contribution in [2.24, 2.45) is 0 Å². The van der Waals surface area contributed by atoms with Gasteiger partial charge in [0, 0.05) is 12.8 Å². The van der Waals surface area contributed by atoms with Gasteiger partial charge in [0.1, 0.15) is 12.7 Å². The van der Waals surface area contributed by atoms with Crippen LogP contribution in [0, 0.1) is 0 Å². The molecule has 29 heavy (non-hydrogen) atoms. The van der Waals surface area contributed by atoms with E-state index in [4.69, 9.17) is 23.7 Å². The van der Waals surface area contributed by atoms with E-state index in [1.54, 1.807) is 0 Å². The van der Waals surface area contributed by atoms with Crippen LogP contribution in [0.15, 0.2) is 73.0 Å². The van der Waals surface area contributed by atoms with Gasteiger partial charge in [-0.3, -0.25) is 0 Å². The van der Waals surface area contributed by atoms with Gasteiger partial charge in [-0.25, -0.2) is 0 Å². The first kappa shape index (κ1) is 20.1. The van der Waals surface area contributed by atoms with Crippen LogP contribution in [0.4, 0.5) is 0 Å². The first-order valence-corrected chi connectivity index (χ1v) is 10.1. The molecule has 5 heteroatoms. The second-order valence-electron chi connectivity index (χ2n) is 7.63. The minimum absolute atomic E-state index is 0.180. The van der Waals surface area contributed by atoms with Crippen LogP contribution in [0.1, 0.15) is 24.0 Å². The summed E-state index contributed by atoms with van der Waals surface area (Å²) in [7, 11) is 0. The normalized spacial score (nSPS) is 26.6. The third kappa shape index (κ3) is 6.15. The minimum Gasteiger partial charge on any atom is -0.492 e. The van der Waals surface area contributed by atoms with Crippen LogP contribution in [0.25, 0.3) is 0 Å². The second kappa shape index (κ2) is 9.55. The van der Waals surface area contributed by atoms with E-state index in [-0.39, 0.29) is 18.0 Å². The molecule has 0 amide bonds. The largest absolute Gasteiger partial charge is 0.492 e. The second-order valence-corrected chi connectivity index (χ2v) is 7.63. The number of benzene rings is 2. The van der Waals surface area contributed by atoms with Crippen LogP contribution >= 0.6 is 0 Å². The van der Waals surface area contributed by atoms with Crippen molar-refractivity contribution in [2.45, 2.75) is 44.1 Å². The lowest BCUT2D eigenvalue weighted by molar-refractivity contribution is -0.215. The van der Waals surface area contributed by atoms with Crippen molar-refractivity contribution in [2.75, 3.05) is 19.8 Å². The van der Waals surface area contributed by atoms with Crippen LogP contribution in [0.5, 0.6) is 0 Å². The lowest BCUT2D eigenvalue weighted by Crippen LogP contribution is -2.43. The van der Waals surface area contributed by atoms with Crippen LogP contribution in [0.2, 0.25) is 0 Å². The van der Waals surface area contributed by atoms with Crippen molar-refractivity contribution in [3.05, 3.63) is 84.1 Å². The molecule has 2 aromatic rings. The fourth-order valence-corrected chi connectivity index (χ4v) is 3.34. The molecule has 3 atom stereocenters. The molecule has 154 valence electrons.